The molecule has 2 saturated heterocycles. The number of nitrogens with zero attached hydrogens (tertiary/aromatic N) is 4. The Labute approximate surface area is 201 Å². The fourth-order valence-electron chi connectivity index (χ4n) is 4.99. The van der Waals surface area contributed by atoms with E-state index in [-0.39, 0.29) is 11.8 Å². The molecule has 1 saturated carbocycles. The Bertz CT molecular complexity index is 978. The number of amides is 2. The van der Waals surface area contributed by atoms with Gasteiger partial charge in [0.1, 0.15) is 11.5 Å². The van der Waals surface area contributed by atoms with E-state index in [1.54, 1.807) is 6.07 Å². The van der Waals surface area contributed by atoms with Crippen molar-refractivity contribution < 1.29 is 14.3 Å². The normalized spacial score (nSPS) is 20.1. The highest BCUT2D eigenvalue weighted by atomic mass is 16.5. The van der Waals surface area contributed by atoms with Crippen molar-refractivity contribution in [3.8, 4) is 11.5 Å². The number of hydrogen-bond acceptors (Lipinski definition) is 5. The lowest BCUT2D eigenvalue weighted by Gasteiger charge is -2.43. The van der Waals surface area contributed by atoms with Gasteiger partial charge in [-0.1, -0.05) is 30.7 Å². The fourth-order valence-corrected chi connectivity index (χ4v) is 4.99. The maximum Gasteiger partial charge on any atom is 0.254 e. The van der Waals surface area contributed by atoms with Gasteiger partial charge in [-0.05, 0) is 43.2 Å². The van der Waals surface area contributed by atoms with Crippen LogP contribution < -0.4 is 4.74 Å². The Morgan fingerprint density at radius 3 is 2.12 bits per heavy atom. The third kappa shape index (κ3) is 5.42. The zero-order chi connectivity index (χ0) is 23.3. The lowest BCUT2D eigenvalue weighted by Crippen LogP contribution is -2.56. The van der Waals surface area contributed by atoms with Crippen molar-refractivity contribution in [1.82, 2.24) is 19.6 Å². The zero-order valence-corrected chi connectivity index (χ0v) is 19.8. The van der Waals surface area contributed by atoms with Gasteiger partial charge in [0.2, 0.25) is 5.91 Å². The first-order valence-corrected chi connectivity index (χ1v) is 12.5. The molecule has 180 valence electrons. The van der Waals surface area contributed by atoms with E-state index in [0.29, 0.717) is 30.9 Å². The van der Waals surface area contributed by atoms with Crippen molar-refractivity contribution in [1.29, 1.82) is 0 Å². The Morgan fingerprint density at radius 2 is 1.44 bits per heavy atom. The standard InChI is InChI=1S/C27H34N4O3/c32-26(30-18-16-29(17-19-30)23-7-5-8-23)21-28-12-14-31(15-13-28)27(33)22-6-4-11-25(20-22)34-24-9-2-1-3-10-24/h1-4,6,9-11,20,23H,5,7-8,12-19,21H2. The molecule has 2 amide bonds. The van der Waals surface area contributed by atoms with Crippen LogP contribution in [-0.2, 0) is 4.79 Å². The molecule has 3 aliphatic rings. The molecule has 34 heavy (non-hydrogen) atoms. The second kappa shape index (κ2) is 10.6. The topological polar surface area (TPSA) is 56.3 Å². The number of rotatable bonds is 6. The van der Waals surface area contributed by atoms with E-state index in [4.69, 9.17) is 4.74 Å². The average Bonchev–Trinajstić information content (AvgIpc) is 2.84. The molecular weight excluding hydrogens is 428 g/mol. The van der Waals surface area contributed by atoms with Crippen LogP contribution in [0.4, 0.5) is 0 Å². The van der Waals surface area contributed by atoms with Gasteiger partial charge in [-0.2, -0.15) is 0 Å². The molecule has 0 aromatic heterocycles. The molecule has 7 heteroatoms. The average molecular weight is 463 g/mol. The Morgan fingerprint density at radius 1 is 0.765 bits per heavy atom. The largest absolute Gasteiger partial charge is 0.457 e. The van der Waals surface area contributed by atoms with Gasteiger partial charge in [0.25, 0.3) is 5.91 Å². The van der Waals surface area contributed by atoms with Crippen LogP contribution >= 0.6 is 0 Å². The van der Waals surface area contributed by atoms with E-state index in [9.17, 15) is 9.59 Å². The number of piperazine rings is 2. The molecule has 0 atom stereocenters. The summed E-state index contributed by atoms with van der Waals surface area (Å²) in [6.07, 6.45) is 3.99. The molecule has 5 rings (SSSR count). The molecule has 2 heterocycles. The second-order valence-corrected chi connectivity index (χ2v) is 9.51. The molecule has 0 bridgehead atoms. The summed E-state index contributed by atoms with van der Waals surface area (Å²) in [7, 11) is 0. The van der Waals surface area contributed by atoms with Crippen LogP contribution in [0.15, 0.2) is 54.6 Å². The van der Waals surface area contributed by atoms with E-state index in [1.165, 1.54) is 19.3 Å². The van der Waals surface area contributed by atoms with Gasteiger partial charge >= 0.3 is 0 Å². The van der Waals surface area contributed by atoms with Crippen LogP contribution in [-0.4, -0.2) is 96.4 Å². The molecule has 0 unspecified atom stereocenters. The summed E-state index contributed by atoms with van der Waals surface area (Å²) in [5.74, 6) is 1.63. The number of ether oxygens (including phenoxy) is 1. The van der Waals surface area contributed by atoms with Crippen molar-refractivity contribution in [3.05, 3.63) is 60.2 Å². The number of para-hydroxylation sites is 1. The molecule has 0 radical (unpaired) electrons. The van der Waals surface area contributed by atoms with Crippen molar-refractivity contribution >= 4 is 11.8 Å². The van der Waals surface area contributed by atoms with Crippen LogP contribution in [0.25, 0.3) is 0 Å². The van der Waals surface area contributed by atoms with E-state index >= 15 is 0 Å². The molecule has 2 aliphatic heterocycles. The van der Waals surface area contributed by atoms with Crippen LogP contribution in [0.5, 0.6) is 11.5 Å². The van der Waals surface area contributed by atoms with Crippen LogP contribution in [0.3, 0.4) is 0 Å². The van der Waals surface area contributed by atoms with E-state index in [2.05, 4.69) is 9.80 Å². The Balaban J connectivity index is 1.08. The maximum absolute atomic E-state index is 13.1. The van der Waals surface area contributed by atoms with Crippen LogP contribution in [0.1, 0.15) is 29.6 Å². The molecule has 7 nitrogen and oxygen atoms in total. The highest BCUT2D eigenvalue weighted by Gasteiger charge is 2.30. The molecule has 1 aliphatic carbocycles. The third-order valence-corrected chi connectivity index (χ3v) is 7.34. The minimum atomic E-state index is 0.0107. The smallest absolute Gasteiger partial charge is 0.254 e. The first-order chi connectivity index (χ1) is 16.7. The van der Waals surface area contributed by atoms with Gasteiger partial charge in [-0.3, -0.25) is 19.4 Å². The number of benzene rings is 2. The summed E-state index contributed by atoms with van der Waals surface area (Å²) in [5.41, 5.74) is 0.627. The predicted molar refractivity (Wildman–Crippen MR) is 131 cm³/mol. The van der Waals surface area contributed by atoms with Crippen LogP contribution in [0.2, 0.25) is 0 Å². The molecule has 2 aromatic rings. The first kappa shape index (κ1) is 22.9. The van der Waals surface area contributed by atoms with Gasteiger partial charge in [0, 0.05) is 64.0 Å². The summed E-state index contributed by atoms with van der Waals surface area (Å²) >= 11 is 0. The summed E-state index contributed by atoms with van der Waals surface area (Å²) in [6.45, 7) is 6.85. The molecular formula is C27H34N4O3. The SMILES string of the molecule is O=C(CN1CCN(C(=O)c2cccc(Oc3ccccc3)c2)CC1)N1CCN(C2CCC2)CC1. The van der Waals surface area contributed by atoms with Gasteiger partial charge in [0.05, 0.1) is 6.54 Å². The highest BCUT2D eigenvalue weighted by Crippen LogP contribution is 2.26. The number of hydrogen-bond donors (Lipinski definition) is 0. The first-order valence-electron chi connectivity index (χ1n) is 12.5. The Hall–Kier alpha value is -2.90. The van der Waals surface area contributed by atoms with Crippen molar-refractivity contribution in [2.24, 2.45) is 0 Å². The molecule has 2 aromatic carbocycles. The predicted octanol–water partition coefficient (Wildman–Crippen LogP) is 2.93. The monoisotopic (exact) mass is 462 g/mol. The lowest BCUT2D eigenvalue weighted by atomic mass is 9.91. The van der Waals surface area contributed by atoms with E-state index < -0.39 is 0 Å². The van der Waals surface area contributed by atoms with Crippen molar-refractivity contribution in [2.45, 2.75) is 25.3 Å². The highest BCUT2D eigenvalue weighted by molar-refractivity contribution is 5.94. The van der Waals surface area contributed by atoms with Gasteiger partial charge < -0.3 is 14.5 Å². The summed E-state index contributed by atoms with van der Waals surface area (Å²) in [5, 5.41) is 0. The van der Waals surface area contributed by atoms with E-state index in [1.807, 2.05) is 58.3 Å². The maximum atomic E-state index is 13.1. The summed E-state index contributed by atoms with van der Waals surface area (Å²) in [4.78, 5) is 34.5. The van der Waals surface area contributed by atoms with Gasteiger partial charge in [0.15, 0.2) is 0 Å². The molecule has 0 spiro atoms. The van der Waals surface area contributed by atoms with Crippen molar-refractivity contribution in [2.75, 3.05) is 58.9 Å². The quantitative estimate of drug-likeness (QED) is 0.661. The summed E-state index contributed by atoms with van der Waals surface area (Å²) in [6, 6.07) is 17.7. The molecule has 0 N–H and O–H groups in total. The van der Waals surface area contributed by atoms with Crippen LogP contribution in [0, 0.1) is 0 Å². The van der Waals surface area contributed by atoms with E-state index in [0.717, 1.165) is 51.1 Å². The Kier molecular flexibility index (Phi) is 7.11. The minimum Gasteiger partial charge on any atom is -0.457 e. The fraction of sp³-hybridized carbons (Fsp3) is 0.481. The van der Waals surface area contributed by atoms with Gasteiger partial charge in [-0.25, -0.2) is 0 Å². The number of carbonyl (C=O) groups is 2. The lowest BCUT2D eigenvalue weighted by molar-refractivity contribution is -0.135. The third-order valence-electron chi connectivity index (χ3n) is 7.34. The number of carbonyl (C=O) groups excluding carboxylic acids is 2. The second-order valence-electron chi connectivity index (χ2n) is 9.51. The molecule has 3 fully saturated rings. The van der Waals surface area contributed by atoms with Crippen molar-refractivity contribution in [3.63, 3.8) is 0 Å². The van der Waals surface area contributed by atoms with Gasteiger partial charge in [-0.15, -0.1) is 0 Å². The zero-order valence-electron chi connectivity index (χ0n) is 19.8. The summed E-state index contributed by atoms with van der Waals surface area (Å²) < 4.78 is 5.88. The minimum absolute atomic E-state index is 0.0107.